The molecule has 0 radical (unpaired) electrons. The molecule has 0 aliphatic carbocycles. The normalized spacial score (nSPS) is 10.6. The molecular formula is C8H9N3O2. The lowest BCUT2D eigenvalue weighted by Crippen LogP contribution is -1.78. The van der Waals surface area contributed by atoms with Gasteiger partial charge in [0, 0.05) is 19.3 Å². The van der Waals surface area contributed by atoms with E-state index in [1.165, 1.54) is 0 Å². The Hall–Kier alpha value is -1.62. The predicted octanol–water partition coefficient (Wildman–Crippen LogP) is 0.567. The smallest absolute Gasteiger partial charge is 0.162 e. The first kappa shape index (κ1) is 8.00. The fraction of sp³-hybridized carbons (Fsp3) is 0.250. The van der Waals surface area contributed by atoms with E-state index in [4.69, 9.17) is 9.63 Å². The molecule has 0 saturated heterocycles. The number of imidazole rings is 1. The minimum Gasteiger partial charge on any atom is -0.388 e. The van der Waals surface area contributed by atoms with E-state index in [-0.39, 0.29) is 6.61 Å². The Kier molecular flexibility index (Phi) is 1.86. The molecule has 1 N–H and O–H groups in total. The Balaban J connectivity index is 2.35. The molecule has 0 saturated carbocycles. The van der Waals surface area contributed by atoms with Gasteiger partial charge in [-0.15, -0.1) is 0 Å². The summed E-state index contributed by atoms with van der Waals surface area (Å²) >= 11 is 0. The van der Waals surface area contributed by atoms with Crippen LogP contribution >= 0.6 is 0 Å². The summed E-state index contributed by atoms with van der Waals surface area (Å²) < 4.78 is 6.65. The number of aryl methyl sites for hydroxylation is 1. The maximum absolute atomic E-state index is 8.74. The lowest BCUT2D eigenvalue weighted by Gasteiger charge is -1.83. The van der Waals surface area contributed by atoms with E-state index in [0.717, 1.165) is 5.69 Å². The van der Waals surface area contributed by atoms with Gasteiger partial charge in [-0.05, 0) is 0 Å². The van der Waals surface area contributed by atoms with Gasteiger partial charge in [0.25, 0.3) is 0 Å². The van der Waals surface area contributed by atoms with E-state index in [1.807, 2.05) is 17.8 Å². The molecule has 2 heterocycles. The molecule has 5 nitrogen and oxygen atoms in total. The molecule has 2 aromatic heterocycles. The van der Waals surface area contributed by atoms with Crippen LogP contribution in [0.2, 0.25) is 0 Å². The van der Waals surface area contributed by atoms with Crippen LogP contribution in [-0.4, -0.2) is 19.8 Å². The molecule has 0 bridgehead atoms. The van der Waals surface area contributed by atoms with Gasteiger partial charge in [0.1, 0.15) is 18.0 Å². The Bertz CT molecular complexity index is 405. The number of hydrogen-bond donors (Lipinski definition) is 1. The van der Waals surface area contributed by atoms with Crippen molar-refractivity contribution in [2.45, 2.75) is 6.61 Å². The van der Waals surface area contributed by atoms with Crippen LogP contribution in [0.4, 0.5) is 0 Å². The molecule has 2 aromatic rings. The van der Waals surface area contributed by atoms with Crippen molar-refractivity contribution in [1.82, 2.24) is 14.7 Å². The Morgan fingerprint density at radius 2 is 2.38 bits per heavy atom. The van der Waals surface area contributed by atoms with Crippen molar-refractivity contribution < 1.29 is 9.63 Å². The van der Waals surface area contributed by atoms with Crippen LogP contribution in [0.15, 0.2) is 23.1 Å². The largest absolute Gasteiger partial charge is 0.388 e. The number of aromatic nitrogens is 3. The molecule has 13 heavy (non-hydrogen) atoms. The van der Waals surface area contributed by atoms with E-state index in [0.29, 0.717) is 11.5 Å². The van der Waals surface area contributed by atoms with Crippen molar-refractivity contribution in [2.75, 3.05) is 0 Å². The highest BCUT2D eigenvalue weighted by molar-refractivity contribution is 5.52. The first-order valence-corrected chi connectivity index (χ1v) is 3.84. The lowest BCUT2D eigenvalue weighted by atomic mass is 10.3. The van der Waals surface area contributed by atoms with Gasteiger partial charge in [0.2, 0.25) is 0 Å². The number of rotatable bonds is 2. The third kappa shape index (κ3) is 1.46. The lowest BCUT2D eigenvalue weighted by molar-refractivity contribution is 0.229. The van der Waals surface area contributed by atoms with Crippen LogP contribution in [-0.2, 0) is 13.7 Å². The van der Waals surface area contributed by atoms with E-state index in [9.17, 15) is 0 Å². The summed E-state index contributed by atoms with van der Waals surface area (Å²) in [6.45, 7) is -0.139. The van der Waals surface area contributed by atoms with E-state index >= 15 is 0 Å². The highest BCUT2D eigenvalue weighted by Gasteiger charge is 2.07. The first-order valence-electron chi connectivity index (χ1n) is 3.84. The second-order valence-corrected chi connectivity index (χ2v) is 2.76. The number of nitrogens with zero attached hydrogens (tertiary/aromatic N) is 3. The third-order valence-electron chi connectivity index (χ3n) is 1.68. The van der Waals surface area contributed by atoms with Crippen LogP contribution in [0, 0.1) is 0 Å². The SMILES string of the molecule is Cn1cnc(-c2cc(CO)on2)c1. The zero-order valence-corrected chi connectivity index (χ0v) is 7.14. The van der Waals surface area contributed by atoms with Crippen molar-refractivity contribution in [3.8, 4) is 11.4 Å². The average Bonchev–Trinajstić information content (AvgIpc) is 2.71. The van der Waals surface area contributed by atoms with Crippen molar-refractivity contribution in [3.63, 3.8) is 0 Å². The first-order chi connectivity index (χ1) is 6.29. The predicted molar refractivity (Wildman–Crippen MR) is 44.6 cm³/mol. The van der Waals surface area contributed by atoms with E-state index < -0.39 is 0 Å². The minimum absolute atomic E-state index is 0.139. The summed E-state index contributed by atoms with van der Waals surface area (Å²) in [5.74, 6) is 0.445. The second-order valence-electron chi connectivity index (χ2n) is 2.76. The Labute approximate surface area is 74.6 Å². The minimum atomic E-state index is -0.139. The van der Waals surface area contributed by atoms with Crippen molar-refractivity contribution in [3.05, 3.63) is 24.4 Å². The summed E-state index contributed by atoms with van der Waals surface area (Å²) in [5, 5.41) is 12.5. The van der Waals surface area contributed by atoms with Crippen LogP contribution in [0.5, 0.6) is 0 Å². The zero-order chi connectivity index (χ0) is 9.26. The summed E-state index contributed by atoms with van der Waals surface area (Å²) in [5.41, 5.74) is 1.38. The van der Waals surface area contributed by atoms with Gasteiger partial charge in [0.05, 0.1) is 6.33 Å². The van der Waals surface area contributed by atoms with Crippen molar-refractivity contribution in [1.29, 1.82) is 0 Å². The molecule has 0 atom stereocenters. The van der Waals surface area contributed by atoms with Crippen molar-refractivity contribution >= 4 is 0 Å². The van der Waals surface area contributed by atoms with Gasteiger partial charge >= 0.3 is 0 Å². The molecule has 0 aromatic carbocycles. The standard InChI is InChI=1S/C8H9N3O2/c1-11-3-8(9-5-11)7-2-6(4-12)13-10-7/h2-3,5,12H,4H2,1H3. The molecule has 0 spiro atoms. The van der Waals surface area contributed by atoms with E-state index in [1.54, 1.807) is 12.4 Å². The summed E-state index contributed by atoms with van der Waals surface area (Å²) in [7, 11) is 1.88. The second kappa shape index (κ2) is 3.02. The van der Waals surface area contributed by atoms with Gasteiger partial charge in [-0.2, -0.15) is 0 Å². The monoisotopic (exact) mass is 179 g/mol. The third-order valence-corrected chi connectivity index (χ3v) is 1.68. The van der Waals surface area contributed by atoms with Gasteiger partial charge in [-0.1, -0.05) is 5.16 Å². The molecule has 2 rings (SSSR count). The number of aliphatic hydroxyl groups excluding tert-OH is 1. The van der Waals surface area contributed by atoms with Crippen LogP contribution in [0.3, 0.4) is 0 Å². The molecule has 68 valence electrons. The van der Waals surface area contributed by atoms with Gasteiger partial charge < -0.3 is 14.2 Å². The molecule has 0 aliphatic rings. The maximum Gasteiger partial charge on any atom is 0.162 e. The summed E-state index contributed by atoms with van der Waals surface area (Å²) in [6, 6.07) is 1.67. The topological polar surface area (TPSA) is 64.1 Å². The molecule has 0 fully saturated rings. The fourth-order valence-electron chi connectivity index (χ4n) is 1.05. The Morgan fingerprint density at radius 3 is 2.92 bits per heavy atom. The molecule has 0 unspecified atom stereocenters. The maximum atomic E-state index is 8.74. The molecule has 0 amide bonds. The average molecular weight is 179 g/mol. The summed E-state index contributed by atoms with van der Waals surface area (Å²) in [4.78, 5) is 4.09. The number of aliphatic hydroxyl groups is 1. The Morgan fingerprint density at radius 1 is 1.54 bits per heavy atom. The van der Waals surface area contributed by atoms with Crippen LogP contribution in [0.1, 0.15) is 5.76 Å². The number of hydrogen-bond acceptors (Lipinski definition) is 4. The van der Waals surface area contributed by atoms with Gasteiger partial charge in [-0.25, -0.2) is 4.98 Å². The summed E-state index contributed by atoms with van der Waals surface area (Å²) in [6.07, 6.45) is 3.52. The highest BCUT2D eigenvalue weighted by Crippen LogP contribution is 2.16. The van der Waals surface area contributed by atoms with Gasteiger partial charge in [-0.3, -0.25) is 0 Å². The van der Waals surface area contributed by atoms with Crippen LogP contribution < -0.4 is 0 Å². The molecule has 5 heteroatoms. The quantitative estimate of drug-likeness (QED) is 0.731. The molecule has 0 aliphatic heterocycles. The van der Waals surface area contributed by atoms with E-state index in [2.05, 4.69) is 10.1 Å². The fourth-order valence-corrected chi connectivity index (χ4v) is 1.05. The molecular weight excluding hydrogens is 170 g/mol. The van der Waals surface area contributed by atoms with Gasteiger partial charge in [0.15, 0.2) is 5.76 Å². The highest BCUT2D eigenvalue weighted by atomic mass is 16.5. The zero-order valence-electron chi connectivity index (χ0n) is 7.14. The van der Waals surface area contributed by atoms with Crippen LogP contribution in [0.25, 0.3) is 11.4 Å². The van der Waals surface area contributed by atoms with Crippen molar-refractivity contribution in [2.24, 2.45) is 7.05 Å².